The minimum absolute atomic E-state index is 0.359. The zero-order valence-electron chi connectivity index (χ0n) is 7.75. The molecule has 68 valence electrons. The minimum Gasteiger partial charge on any atom is -0.343 e. The Morgan fingerprint density at radius 1 is 1.25 bits per heavy atom. The van der Waals surface area contributed by atoms with Crippen molar-refractivity contribution >= 4 is 5.91 Å². The molecule has 0 aromatic rings. The maximum Gasteiger partial charge on any atom is 0.222 e. The van der Waals surface area contributed by atoms with E-state index in [9.17, 15) is 4.79 Å². The fourth-order valence-electron chi connectivity index (χ4n) is 2.70. The smallest absolute Gasteiger partial charge is 0.222 e. The number of carbonyl (C=O) groups is 1. The van der Waals surface area contributed by atoms with Gasteiger partial charge in [-0.05, 0) is 25.2 Å². The zero-order valence-corrected chi connectivity index (χ0v) is 7.75. The van der Waals surface area contributed by atoms with Crippen LogP contribution in [-0.4, -0.2) is 23.9 Å². The van der Waals surface area contributed by atoms with Crippen molar-refractivity contribution in [2.45, 2.75) is 44.6 Å². The second-order valence-corrected chi connectivity index (χ2v) is 4.16. The zero-order chi connectivity index (χ0) is 8.55. The molecular formula is C10H17NO. The van der Waals surface area contributed by atoms with Gasteiger partial charge in [0.15, 0.2) is 0 Å². The number of piperidine rings is 1. The fourth-order valence-corrected chi connectivity index (χ4v) is 2.70. The summed E-state index contributed by atoms with van der Waals surface area (Å²) >= 11 is 0. The molecule has 0 bridgehead atoms. The minimum atomic E-state index is 0.359. The summed E-state index contributed by atoms with van der Waals surface area (Å²) in [4.78, 5) is 13.4. The van der Waals surface area contributed by atoms with Crippen LogP contribution < -0.4 is 0 Å². The first-order valence-corrected chi connectivity index (χ1v) is 5.04. The summed E-state index contributed by atoms with van der Waals surface area (Å²) < 4.78 is 0. The maximum atomic E-state index is 11.4. The summed E-state index contributed by atoms with van der Waals surface area (Å²) in [7, 11) is 1.98. The Balaban J connectivity index is 2.08. The van der Waals surface area contributed by atoms with Crippen molar-refractivity contribution in [2.75, 3.05) is 7.05 Å². The first kappa shape index (κ1) is 8.09. The highest BCUT2D eigenvalue weighted by molar-refractivity contribution is 5.77. The molecule has 1 saturated heterocycles. The molecule has 2 aliphatic rings. The third-order valence-corrected chi connectivity index (χ3v) is 3.49. The molecule has 0 aromatic carbocycles. The summed E-state index contributed by atoms with van der Waals surface area (Å²) in [5, 5.41) is 0. The summed E-state index contributed by atoms with van der Waals surface area (Å²) in [6, 6.07) is 0.583. The monoisotopic (exact) mass is 167 g/mol. The number of rotatable bonds is 0. The highest BCUT2D eigenvalue weighted by Crippen LogP contribution is 2.34. The Labute approximate surface area is 73.9 Å². The number of fused-ring (bicyclic) bond motifs is 1. The van der Waals surface area contributed by atoms with Crippen LogP contribution in [0.2, 0.25) is 0 Å². The van der Waals surface area contributed by atoms with E-state index in [-0.39, 0.29) is 0 Å². The van der Waals surface area contributed by atoms with Crippen molar-refractivity contribution in [3.8, 4) is 0 Å². The Morgan fingerprint density at radius 3 is 2.83 bits per heavy atom. The fraction of sp³-hybridized carbons (Fsp3) is 0.900. The van der Waals surface area contributed by atoms with Gasteiger partial charge in [-0.2, -0.15) is 0 Å². The number of hydrogen-bond acceptors (Lipinski definition) is 1. The van der Waals surface area contributed by atoms with Gasteiger partial charge in [0.2, 0.25) is 5.91 Å². The molecule has 0 spiro atoms. The van der Waals surface area contributed by atoms with Gasteiger partial charge >= 0.3 is 0 Å². The lowest BCUT2D eigenvalue weighted by molar-refractivity contribution is -0.137. The summed E-state index contributed by atoms with van der Waals surface area (Å²) in [6.45, 7) is 0. The highest BCUT2D eigenvalue weighted by Gasteiger charge is 2.34. The quantitative estimate of drug-likeness (QED) is 0.538. The van der Waals surface area contributed by atoms with Gasteiger partial charge in [-0.15, -0.1) is 0 Å². The number of carbonyl (C=O) groups excluding carboxylic acids is 1. The molecule has 0 N–H and O–H groups in total. The van der Waals surface area contributed by atoms with Crippen LogP contribution in [0.4, 0.5) is 0 Å². The standard InChI is InChI=1S/C10H17NO/c1-11-9-5-3-2-4-8(9)6-7-10(11)12/h8-9H,2-7H2,1H3/t8-,9+/m1/s1. The van der Waals surface area contributed by atoms with Gasteiger partial charge in [0.25, 0.3) is 0 Å². The molecule has 2 rings (SSSR count). The molecule has 2 atom stereocenters. The Hall–Kier alpha value is -0.530. The largest absolute Gasteiger partial charge is 0.343 e. The molecule has 1 aliphatic carbocycles. The lowest BCUT2D eigenvalue weighted by atomic mass is 9.78. The molecule has 0 radical (unpaired) electrons. The molecule has 2 fully saturated rings. The number of hydrogen-bond donors (Lipinski definition) is 0. The van der Waals surface area contributed by atoms with Gasteiger partial charge in [0, 0.05) is 19.5 Å². The Bertz CT molecular complexity index is 190. The van der Waals surface area contributed by atoms with E-state index in [2.05, 4.69) is 0 Å². The lowest BCUT2D eigenvalue weighted by Crippen LogP contribution is -2.47. The van der Waals surface area contributed by atoms with Gasteiger partial charge in [-0.1, -0.05) is 12.8 Å². The molecule has 1 heterocycles. The molecule has 1 saturated carbocycles. The van der Waals surface area contributed by atoms with Gasteiger partial charge < -0.3 is 4.90 Å². The Morgan fingerprint density at radius 2 is 2.00 bits per heavy atom. The van der Waals surface area contributed by atoms with E-state index in [4.69, 9.17) is 0 Å². The molecule has 0 aromatic heterocycles. The van der Waals surface area contributed by atoms with E-state index in [1.54, 1.807) is 0 Å². The number of nitrogens with zero attached hydrogens (tertiary/aromatic N) is 1. The van der Waals surface area contributed by atoms with E-state index < -0.39 is 0 Å². The predicted octanol–water partition coefficient (Wildman–Crippen LogP) is 1.80. The summed E-state index contributed by atoms with van der Waals surface area (Å²) in [5.74, 6) is 1.18. The highest BCUT2D eigenvalue weighted by atomic mass is 16.2. The first-order valence-electron chi connectivity index (χ1n) is 5.04. The van der Waals surface area contributed by atoms with Crippen LogP contribution >= 0.6 is 0 Å². The van der Waals surface area contributed by atoms with Crippen LogP contribution in [-0.2, 0) is 4.79 Å². The van der Waals surface area contributed by atoms with Crippen molar-refractivity contribution in [2.24, 2.45) is 5.92 Å². The van der Waals surface area contributed by atoms with Gasteiger partial charge in [-0.3, -0.25) is 4.79 Å². The van der Waals surface area contributed by atoms with Gasteiger partial charge in [0.05, 0.1) is 0 Å². The van der Waals surface area contributed by atoms with Crippen LogP contribution in [0.25, 0.3) is 0 Å². The van der Waals surface area contributed by atoms with E-state index in [0.29, 0.717) is 11.9 Å². The third kappa shape index (κ3) is 1.23. The number of likely N-dealkylation sites (tertiary alicyclic amines) is 1. The molecule has 2 heteroatoms. The van der Waals surface area contributed by atoms with Crippen molar-refractivity contribution in [1.29, 1.82) is 0 Å². The average molecular weight is 167 g/mol. The topological polar surface area (TPSA) is 20.3 Å². The molecule has 12 heavy (non-hydrogen) atoms. The van der Waals surface area contributed by atoms with Crippen LogP contribution in [0, 0.1) is 5.92 Å². The molecule has 1 amide bonds. The average Bonchev–Trinajstić information content (AvgIpc) is 2.12. The summed E-state index contributed by atoms with van der Waals surface area (Å²) in [6.07, 6.45) is 7.22. The first-order chi connectivity index (χ1) is 5.79. The van der Waals surface area contributed by atoms with E-state index in [1.807, 2.05) is 11.9 Å². The van der Waals surface area contributed by atoms with Gasteiger partial charge in [-0.25, -0.2) is 0 Å². The van der Waals surface area contributed by atoms with Crippen molar-refractivity contribution in [3.63, 3.8) is 0 Å². The van der Waals surface area contributed by atoms with Gasteiger partial charge in [0.1, 0.15) is 0 Å². The molecule has 2 nitrogen and oxygen atoms in total. The van der Waals surface area contributed by atoms with Crippen LogP contribution in [0.1, 0.15) is 38.5 Å². The second kappa shape index (κ2) is 3.08. The van der Waals surface area contributed by atoms with Crippen molar-refractivity contribution < 1.29 is 4.79 Å². The maximum absolute atomic E-state index is 11.4. The predicted molar refractivity (Wildman–Crippen MR) is 47.8 cm³/mol. The molecule has 0 unspecified atom stereocenters. The van der Waals surface area contributed by atoms with E-state index in [1.165, 1.54) is 25.7 Å². The second-order valence-electron chi connectivity index (χ2n) is 4.16. The molecular weight excluding hydrogens is 150 g/mol. The number of amides is 1. The van der Waals surface area contributed by atoms with E-state index in [0.717, 1.165) is 18.8 Å². The van der Waals surface area contributed by atoms with Crippen LogP contribution in [0.15, 0.2) is 0 Å². The normalized spacial score (nSPS) is 36.4. The van der Waals surface area contributed by atoms with E-state index >= 15 is 0 Å². The van der Waals surface area contributed by atoms with Crippen molar-refractivity contribution in [3.05, 3.63) is 0 Å². The lowest BCUT2D eigenvalue weighted by Gasteiger charge is -2.41. The Kier molecular flexibility index (Phi) is 2.07. The summed E-state index contributed by atoms with van der Waals surface area (Å²) in [5.41, 5.74) is 0. The third-order valence-electron chi connectivity index (χ3n) is 3.49. The van der Waals surface area contributed by atoms with Crippen molar-refractivity contribution in [1.82, 2.24) is 4.90 Å². The molecule has 1 aliphatic heterocycles. The van der Waals surface area contributed by atoms with Crippen LogP contribution in [0.5, 0.6) is 0 Å². The van der Waals surface area contributed by atoms with Crippen LogP contribution in [0.3, 0.4) is 0 Å². The SMILES string of the molecule is CN1C(=O)CC[C@H]2CCCC[C@@H]21.